The summed E-state index contributed by atoms with van der Waals surface area (Å²) in [6, 6.07) is 15.9. The lowest BCUT2D eigenvalue weighted by Gasteiger charge is -2.42. The molecule has 1 fully saturated rings. The number of nitrogens with one attached hydrogen (secondary N) is 1. The number of amides is 1. The molecule has 0 atom stereocenters. The third-order valence-corrected chi connectivity index (χ3v) is 6.60. The van der Waals surface area contributed by atoms with Gasteiger partial charge in [-0.25, -0.2) is 4.98 Å². The molecule has 2 heterocycles. The molecule has 0 bridgehead atoms. The lowest BCUT2D eigenvalue weighted by atomic mass is 9.72. The van der Waals surface area contributed by atoms with Crippen LogP contribution in [0.4, 0.5) is 13.2 Å². The van der Waals surface area contributed by atoms with Crippen LogP contribution in [0.5, 0.6) is 0 Å². The molecule has 1 amide bonds. The summed E-state index contributed by atoms with van der Waals surface area (Å²) in [5.74, 6) is -0.269. The first kappa shape index (κ1) is 23.9. The van der Waals surface area contributed by atoms with Gasteiger partial charge >= 0.3 is 6.18 Å². The van der Waals surface area contributed by atoms with Crippen molar-refractivity contribution in [3.63, 3.8) is 0 Å². The molecular weight excluding hydrogens is 441 g/mol. The smallest absolute Gasteiger partial charge is 0.350 e. The summed E-state index contributed by atoms with van der Waals surface area (Å²) in [6.07, 6.45) is 2.02. The van der Waals surface area contributed by atoms with Crippen molar-refractivity contribution in [3.8, 4) is 0 Å². The van der Waals surface area contributed by atoms with Crippen molar-refractivity contribution >= 4 is 5.91 Å². The highest BCUT2D eigenvalue weighted by Gasteiger charge is 2.37. The van der Waals surface area contributed by atoms with E-state index < -0.39 is 11.7 Å². The minimum absolute atomic E-state index is 0.250. The van der Waals surface area contributed by atoms with Crippen LogP contribution in [0.15, 0.2) is 73.2 Å². The van der Waals surface area contributed by atoms with Crippen LogP contribution in [0, 0.1) is 0 Å². The molecule has 1 saturated heterocycles. The third kappa shape index (κ3) is 5.62. The number of alkyl halides is 3. The number of piperidine rings is 1. The zero-order chi connectivity index (χ0) is 24.0. The van der Waals surface area contributed by atoms with Crippen molar-refractivity contribution in [1.29, 1.82) is 0 Å². The second-order valence-electron chi connectivity index (χ2n) is 8.67. The minimum atomic E-state index is -4.34. The number of carbonyl (C=O) groups is 1. The maximum absolute atomic E-state index is 13.3. The Morgan fingerprint density at radius 1 is 1.00 bits per heavy atom. The summed E-state index contributed by atoms with van der Waals surface area (Å²) in [6.45, 7) is 2.50. The van der Waals surface area contributed by atoms with E-state index >= 15 is 0 Å². The van der Waals surface area contributed by atoms with Gasteiger partial charge in [-0.1, -0.05) is 48.5 Å². The summed E-state index contributed by atoms with van der Waals surface area (Å²) in [5.41, 5.74) is 0.936. The Morgan fingerprint density at radius 3 is 2.38 bits per heavy atom. The van der Waals surface area contributed by atoms with Crippen LogP contribution >= 0.6 is 0 Å². The zero-order valence-electron chi connectivity index (χ0n) is 18.8. The van der Waals surface area contributed by atoms with Crippen LogP contribution in [0.1, 0.15) is 40.0 Å². The van der Waals surface area contributed by atoms with E-state index in [1.807, 2.05) is 18.2 Å². The number of aromatic nitrogens is 2. The van der Waals surface area contributed by atoms with E-state index in [-0.39, 0.29) is 17.0 Å². The number of hydrogen-bond acceptors (Lipinski definition) is 4. The number of hydrogen-bond donors (Lipinski definition) is 1. The second-order valence-corrected chi connectivity index (χ2v) is 8.67. The van der Waals surface area contributed by atoms with E-state index in [4.69, 9.17) is 0 Å². The van der Waals surface area contributed by atoms with E-state index in [2.05, 4.69) is 32.3 Å². The average molecular weight is 469 g/mol. The normalized spacial score (nSPS) is 16.2. The van der Waals surface area contributed by atoms with Crippen molar-refractivity contribution < 1.29 is 18.0 Å². The average Bonchev–Trinajstić information content (AvgIpc) is 2.87. The Morgan fingerprint density at radius 2 is 1.71 bits per heavy atom. The molecule has 2 aromatic carbocycles. The molecule has 34 heavy (non-hydrogen) atoms. The van der Waals surface area contributed by atoms with Gasteiger partial charge in [0.15, 0.2) is 0 Å². The van der Waals surface area contributed by atoms with Crippen LogP contribution in [0.3, 0.4) is 0 Å². The van der Waals surface area contributed by atoms with Crippen molar-refractivity contribution in [2.45, 2.75) is 30.9 Å². The molecule has 1 aromatic heterocycles. The largest absolute Gasteiger partial charge is 0.416 e. The number of benzene rings is 2. The van der Waals surface area contributed by atoms with Crippen molar-refractivity contribution in [2.24, 2.45) is 0 Å². The molecule has 0 radical (unpaired) electrons. The second kappa shape index (κ2) is 10.3. The van der Waals surface area contributed by atoms with Crippen LogP contribution in [0.25, 0.3) is 0 Å². The number of rotatable bonds is 7. The summed E-state index contributed by atoms with van der Waals surface area (Å²) < 4.78 is 40.0. The van der Waals surface area contributed by atoms with Crippen LogP contribution in [0.2, 0.25) is 0 Å². The van der Waals surface area contributed by atoms with Gasteiger partial charge in [0.05, 0.1) is 11.8 Å². The summed E-state index contributed by atoms with van der Waals surface area (Å²) >= 11 is 0. The predicted molar refractivity (Wildman–Crippen MR) is 123 cm³/mol. The van der Waals surface area contributed by atoms with Crippen molar-refractivity contribution in [2.75, 3.05) is 26.2 Å². The van der Waals surface area contributed by atoms with Crippen molar-refractivity contribution in [3.05, 3.63) is 95.6 Å². The standard InChI is InChI=1S/C26H27F3N4O/c27-26(28,29)22-9-5-4-6-20(22)10-15-33-16-11-25(12-17-33,21-7-2-1-3-8-21)19-32-24(34)23-18-30-13-14-31-23/h1-9,13-14,18H,10-12,15-17,19H2,(H,32,34). The molecule has 0 aliphatic carbocycles. The lowest BCUT2D eigenvalue weighted by molar-refractivity contribution is -0.138. The van der Waals surface area contributed by atoms with Gasteiger partial charge in [-0.05, 0) is 49.5 Å². The van der Waals surface area contributed by atoms with Gasteiger partial charge in [0.1, 0.15) is 5.69 Å². The quantitative estimate of drug-likeness (QED) is 0.555. The topological polar surface area (TPSA) is 58.1 Å². The highest BCUT2D eigenvalue weighted by atomic mass is 19.4. The Kier molecular flexibility index (Phi) is 7.26. The van der Waals surface area contributed by atoms with Crippen LogP contribution < -0.4 is 5.32 Å². The highest BCUT2D eigenvalue weighted by Crippen LogP contribution is 2.36. The Bertz CT molecular complexity index is 1080. The fraction of sp³-hybridized carbons (Fsp3) is 0.346. The molecule has 8 heteroatoms. The van der Waals surface area contributed by atoms with Gasteiger partial charge in [-0.15, -0.1) is 0 Å². The van der Waals surface area contributed by atoms with E-state index in [1.165, 1.54) is 24.7 Å². The minimum Gasteiger partial charge on any atom is -0.350 e. The lowest BCUT2D eigenvalue weighted by Crippen LogP contribution is -2.49. The summed E-state index contributed by atoms with van der Waals surface area (Å²) in [4.78, 5) is 22.8. The maximum atomic E-state index is 13.3. The third-order valence-electron chi connectivity index (χ3n) is 6.60. The molecule has 5 nitrogen and oxygen atoms in total. The summed E-state index contributed by atoms with van der Waals surface area (Å²) in [7, 11) is 0. The van der Waals surface area contributed by atoms with Gasteiger partial charge < -0.3 is 10.2 Å². The molecule has 0 spiro atoms. The number of likely N-dealkylation sites (tertiary alicyclic amines) is 1. The molecule has 1 N–H and O–H groups in total. The zero-order valence-corrected chi connectivity index (χ0v) is 18.8. The van der Waals surface area contributed by atoms with E-state index in [1.54, 1.807) is 12.1 Å². The molecule has 0 unspecified atom stereocenters. The SMILES string of the molecule is O=C(NCC1(c2ccccc2)CCN(CCc2ccccc2C(F)(F)F)CC1)c1cnccn1. The van der Waals surface area contributed by atoms with Gasteiger partial charge in [-0.3, -0.25) is 9.78 Å². The van der Waals surface area contributed by atoms with Gasteiger partial charge in [0.25, 0.3) is 5.91 Å². The van der Waals surface area contributed by atoms with E-state index in [0.717, 1.165) is 37.6 Å². The predicted octanol–water partition coefficient (Wildman–Crippen LogP) is 4.50. The molecule has 178 valence electrons. The van der Waals surface area contributed by atoms with Crippen LogP contribution in [-0.4, -0.2) is 47.0 Å². The number of carbonyl (C=O) groups excluding carboxylic acids is 1. The Labute approximate surface area is 197 Å². The Hall–Kier alpha value is -3.26. The fourth-order valence-corrected chi connectivity index (χ4v) is 4.61. The Balaban J connectivity index is 1.42. The van der Waals surface area contributed by atoms with Crippen LogP contribution in [-0.2, 0) is 18.0 Å². The molecule has 4 rings (SSSR count). The molecule has 1 aliphatic heterocycles. The van der Waals surface area contributed by atoms with Gasteiger partial charge in [-0.2, -0.15) is 13.2 Å². The van der Waals surface area contributed by atoms with E-state index in [0.29, 0.717) is 25.1 Å². The number of nitrogens with zero attached hydrogens (tertiary/aromatic N) is 3. The first-order chi connectivity index (χ1) is 16.4. The molecule has 1 aliphatic rings. The molecular formula is C26H27F3N4O. The van der Waals surface area contributed by atoms with Gasteiger partial charge in [0.2, 0.25) is 0 Å². The maximum Gasteiger partial charge on any atom is 0.416 e. The fourth-order valence-electron chi connectivity index (χ4n) is 4.61. The van der Waals surface area contributed by atoms with E-state index in [9.17, 15) is 18.0 Å². The summed E-state index contributed by atoms with van der Waals surface area (Å²) in [5, 5.41) is 3.02. The van der Waals surface area contributed by atoms with Crippen molar-refractivity contribution in [1.82, 2.24) is 20.2 Å². The molecule has 0 saturated carbocycles. The monoisotopic (exact) mass is 468 g/mol. The molecule has 3 aromatic rings. The number of halogens is 3. The first-order valence-electron chi connectivity index (χ1n) is 11.3. The highest BCUT2D eigenvalue weighted by molar-refractivity contribution is 5.91. The first-order valence-corrected chi connectivity index (χ1v) is 11.3. The van der Waals surface area contributed by atoms with Gasteiger partial charge in [0, 0.05) is 30.9 Å².